The lowest BCUT2D eigenvalue weighted by Crippen LogP contribution is -1.80. The van der Waals surface area contributed by atoms with Gasteiger partial charge in [-0.25, -0.2) is 0 Å². The molecular weight excluding hydrogens is 152 g/mol. The fraction of sp³-hybridized carbons (Fsp3) is 0.111. The highest BCUT2D eigenvalue weighted by atomic mass is 16.1. The predicted molar refractivity (Wildman–Crippen MR) is 46.2 cm³/mol. The molecule has 0 fully saturated rings. The van der Waals surface area contributed by atoms with Crippen LogP contribution < -0.4 is 0 Å². The summed E-state index contributed by atoms with van der Waals surface area (Å²) < 4.78 is 0. The first-order valence-electron chi connectivity index (χ1n) is 3.70. The zero-order valence-electron chi connectivity index (χ0n) is 6.66. The van der Waals surface area contributed by atoms with Crippen LogP contribution in [0.1, 0.15) is 15.9 Å². The van der Waals surface area contributed by atoms with Crippen molar-refractivity contribution >= 4 is 17.3 Å². The Morgan fingerprint density at radius 3 is 3.17 bits per heavy atom. The predicted octanol–water partition coefficient (Wildman–Crippen LogP) is 1.68. The zero-order chi connectivity index (χ0) is 8.55. The second-order valence-corrected chi connectivity index (χ2v) is 2.77. The van der Waals surface area contributed by atoms with Crippen LogP contribution in [0.25, 0.3) is 11.0 Å². The second-order valence-electron chi connectivity index (χ2n) is 2.77. The first kappa shape index (κ1) is 7.03. The molecule has 2 aromatic heterocycles. The van der Waals surface area contributed by atoms with Crippen molar-refractivity contribution in [2.45, 2.75) is 6.92 Å². The Hall–Kier alpha value is -1.64. The lowest BCUT2D eigenvalue weighted by molar-refractivity contribution is 0.112. The van der Waals surface area contributed by atoms with Crippen LogP contribution in [0, 0.1) is 6.92 Å². The van der Waals surface area contributed by atoms with E-state index in [0.29, 0.717) is 5.56 Å². The topological polar surface area (TPSA) is 45.8 Å². The number of aldehydes is 1. The third-order valence-electron chi connectivity index (χ3n) is 1.81. The number of rotatable bonds is 1. The van der Waals surface area contributed by atoms with E-state index >= 15 is 0 Å². The summed E-state index contributed by atoms with van der Waals surface area (Å²) in [7, 11) is 0. The number of nitrogens with zero attached hydrogens (tertiary/aromatic N) is 1. The SMILES string of the molecule is Cc1cnc2c(C=O)c[nH]c2c1. The Kier molecular flexibility index (Phi) is 1.43. The number of H-pyrrole nitrogens is 1. The first-order chi connectivity index (χ1) is 5.81. The van der Waals surface area contributed by atoms with Crippen LogP contribution >= 0.6 is 0 Å². The second kappa shape index (κ2) is 2.44. The fourth-order valence-electron chi connectivity index (χ4n) is 1.22. The van der Waals surface area contributed by atoms with Gasteiger partial charge < -0.3 is 4.98 Å². The maximum atomic E-state index is 10.5. The molecule has 60 valence electrons. The highest BCUT2D eigenvalue weighted by molar-refractivity contribution is 5.94. The standard InChI is InChI=1S/C9H8N2O/c1-6-2-8-9(11-3-6)7(5-12)4-10-8/h2-5,10H,1H3. The Labute approximate surface area is 69.4 Å². The molecule has 1 N–H and O–H groups in total. The number of aromatic amines is 1. The minimum atomic E-state index is 0.616. The average Bonchev–Trinajstić information content (AvgIpc) is 2.46. The summed E-state index contributed by atoms with van der Waals surface area (Å²) in [4.78, 5) is 17.6. The van der Waals surface area contributed by atoms with Crippen LogP contribution in [-0.2, 0) is 0 Å². The molecule has 0 aliphatic rings. The van der Waals surface area contributed by atoms with Crippen LogP contribution in [0.3, 0.4) is 0 Å². The van der Waals surface area contributed by atoms with Gasteiger partial charge in [0, 0.05) is 12.4 Å². The van der Waals surface area contributed by atoms with Gasteiger partial charge in [-0.1, -0.05) is 0 Å². The molecule has 0 saturated heterocycles. The molecule has 0 aromatic carbocycles. The molecule has 0 saturated carbocycles. The van der Waals surface area contributed by atoms with E-state index in [1.165, 1.54) is 0 Å². The van der Waals surface area contributed by atoms with E-state index in [0.717, 1.165) is 22.9 Å². The normalized spacial score (nSPS) is 10.4. The van der Waals surface area contributed by atoms with Gasteiger partial charge in [0.2, 0.25) is 0 Å². The number of fused-ring (bicyclic) bond motifs is 1. The third kappa shape index (κ3) is 0.906. The molecular formula is C9H8N2O. The van der Waals surface area contributed by atoms with Gasteiger partial charge in [0.1, 0.15) is 0 Å². The molecule has 0 spiro atoms. The maximum absolute atomic E-state index is 10.5. The maximum Gasteiger partial charge on any atom is 0.153 e. The van der Waals surface area contributed by atoms with Gasteiger partial charge >= 0.3 is 0 Å². The molecule has 0 aliphatic carbocycles. The molecule has 12 heavy (non-hydrogen) atoms. The summed E-state index contributed by atoms with van der Waals surface area (Å²) in [6.45, 7) is 1.97. The molecule has 0 aliphatic heterocycles. The molecule has 0 radical (unpaired) electrons. The summed E-state index contributed by atoms with van der Waals surface area (Å²) in [5, 5.41) is 0. The van der Waals surface area contributed by atoms with E-state index < -0.39 is 0 Å². The van der Waals surface area contributed by atoms with Crippen LogP contribution in [-0.4, -0.2) is 16.3 Å². The van der Waals surface area contributed by atoms with Gasteiger partial charge in [-0.15, -0.1) is 0 Å². The molecule has 3 heteroatoms. The smallest absolute Gasteiger partial charge is 0.153 e. The Morgan fingerprint density at radius 1 is 1.58 bits per heavy atom. The molecule has 2 aromatic rings. The Morgan fingerprint density at radius 2 is 2.42 bits per heavy atom. The number of carbonyl (C=O) groups is 1. The van der Waals surface area contributed by atoms with E-state index in [1.54, 1.807) is 12.4 Å². The van der Waals surface area contributed by atoms with Gasteiger partial charge in [-0.05, 0) is 18.6 Å². The molecule has 0 amide bonds. The van der Waals surface area contributed by atoms with Crippen molar-refractivity contribution in [3.8, 4) is 0 Å². The molecule has 0 unspecified atom stereocenters. The summed E-state index contributed by atoms with van der Waals surface area (Å²) >= 11 is 0. The van der Waals surface area contributed by atoms with Crippen LogP contribution in [0.2, 0.25) is 0 Å². The first-order valence-corrected chi connectivity index (χ1v) is 3.70. The number of aromatic nitrogens is 2. The van der Waals surface area contributed by atoms with Crippen molar-refractivity contribution in [1.82, 2.24) is 9.97 Å². The van der Waals surface area contributed by atoms with Crippen molar-refractivity contribution in [3.63, 3.8) is 0 Å². The molecule has 0 atom stereocenters. The lowest BCUT2D eigenvalue weighted by atomic mass is 10.2. The van der Waals surface area contributed by atoms with Crippen LogP contribution in [0.5, 0.6) is 0 Å². The number of nitrogens with one attached hydrogen (secondary N) is 1. The van der Waals surface area contributed by atoms with E-state index in [4.69, 9.17) is 0 Å². The third-order valence-corrected chi connectivity index (χ3v) is 1.81. The number of hydrogen-bond donors (Lipinski definition) is 1. The van der Waals surface area contributed by atoms with Gasteiger partial charge in [0.25, 0.3) is 0 Å². The minimum Gasteiger partial charge on any atom is -0.359 e. The summed E-state index contributed by atoms with van der Waals surface area (Å²) in [5.74, 6) is 0. The van der Waals surface area contributed by atoms with Gasteiger partial charge in [0.05, 0.1) is 16.6 Å². The highest BCUT2D eigenvalue weighted by Gasteiger charge is 2.02. The van der Waals surface area contributed by atoms with Crippen LogP contribution in [0.15, 0.2) is 18.5 Å². The van der Waals surface area contributed by atoms with E-state index in [2.05, 4.69) is 9.97 Å². The largest absolute Gasteiger partial charge is 0.359 e. The molecule has 0 bridgehead atoms. The monoisotopic (exact) mass is 160 g/mol. The molecule has 2 rings (SSSR count). The zero-order valence-corrected chi connectivity index (χ0v) is 6.66. The number of aryl methyl sites for hydroxylation is 1. The molecule has 2 heterocycles. The Balaban J connectivity index is 2.81. The van der Waals surface area contributed by atoms with Crippen molar-refractivity contribution in [2.75, 3.05) is 0 Å². The van der Waals surface area contributed by atoms with Gasteiger partial charge in [0.15, 0.2) is 6.29 Å². The lowest BCUT2D eigenvalue weighted by Gasteiger charge is -1.91. The summed E-state index contributed by atoms with van der Waals surface area (Å²) in [6, 6.07) is 1.97. The minimum absolute atomic E-state index is 0.616. The quantitative estimate of drug-likeness (QED) is 0.645. The average molecular weight is 160 g/mol. The molecule has 3 nitrogen and oxygen atoms in total. The number of pyridine rings is 1. The van der Waals surface area contributed by atoms with Crippen molar-refractivity contribution in [2.24, 2.45) is 0 Å². The number of hydrogen-bond acceptors (Lipinski definition) is 2. The van der Waals surface area contributed by atoms with Gasteiger partial charge in [-0.3, -0.25) is 9.78 Å². The van der Waals surface area contributed by atoms with Crippen LogP contribution in [0.4, 0.5) is 0 Å². The highest BCUT2D eigenvalue weighted by Crippen LogP contribution is 2.14. The summed E-state index contributed by atoms with van der Waals surface area (Å²) in [5.41, 5.74) is 3.36. The fourth-order valence-corrected chi connectivity index (χ4v) is 1.22. The van der Waals surface area contributed by atoms with Crippen molar-refractivity contribution in [1.29, 1.82) is 0 Å². The number of carbonyl (C=O) groups excluding carboxylic acids is 1. The summed E-state index contributed by atoms with van der Waals surface area (Å²) in [6.07, 6.45) is 4.23. The van der Waals surface area contributed by atoms with Gasteiger partial charge in [-0.2, -0.15) is 0 Å². The Bertz CT molecular complexity index is 431. The van der Waals surface area contributed by atoms with Crippen molar-refractivity contribution in [3.05, 3.63) is 29.6 Å². The van der Waals surface area contributed by atoms with E-state index in [-0.39, 0.29) is 0 Å². The van der Waals surface area contributed by atoms with E-state index in [9.17, 15) is 4.79 Å². The van der Waals surface area contributed by atoms with Crippen molar-refractivity contribution < 1.29 is 4.79 Å². The van der Waals surface area contributed by atoms with E-state index in [1.807, 2.05) is 13.0 Å².